The molecule has 21 heavy (non-hydrogen) atoms. The predicted molar refractivity (Wildman–Crippen MR) is 76.9 cm³/mol. The first-order valence-electron chi connectivity index (χ1n) is 6.32. The van der Waals surface area contributed by atoms with Gasteiger partial charge in [-0.05, 0) is 29.7 Å². The number of alkyl halides is 3. The van der Waals surface area contributed by atoms with Gasteiger partial charge in [-0.1, -0.05) is 30.3 Å². The van der Waals surface area contributed by atoms with Gasteiger partial charge in [0.2, 0.25) is 0 Å². The van der Waals surface area contributed by atoms with Crippen LogP contribution in [0.3, 0.4) is 0 Å². The molecule has 3 rings (SSSR count). The molecule has 0 aliphatic carbocycles. The third kappa shape index (κ3) is 2.67. The van der Waals surface area contributed by atoms with E-state index in [-0.39, 0.29) is 5.69 Å². The summed E-state index contributed by atoms with van der Waals surface area (Å²) in [6.45, 7) is 0. The first kappa shape index (κ1) is 13.4. The van der Waals surface area contributed by atoms with Crippen molar-refractivity contribution in [2.75, 3.05) is 0 Å². The highest BCUT2D eigenvalue weighted by Gasteiger charge is 2.32. The zero-order valence-electron chi connectivity index (χ0n) is 10.9. The van der Waals surface area contributed by atoms with Gasteiger partial charge in [0.25, 0.3) is 0 Å². The van der Waals surface area contributed by atoms with Gasteiger partial charge < -0.3 is 4.57 Å². The Morgan fingerprint density at radius 1 is 0.905 bits per heavy atom. The van der Waals surface area contributed by atoms with E-state index in [2.05, 4.69) is 4.99 Å². The smallest absolute Gasteiger partial charge is 0.307 e. The quantitative estimate of drug-likeness (QED) is 0.473. The van der Waals surface area contributed by atoms with Crippen LogP contribution in [0.2, 0.25) is 0 Å². The van der Waals surface area contributed by atoms with Gasteiger partial charge in [-0.3, -0.25) is 0 Å². The van der Waals surface area contributed by atoms with Gasteiger partial charge >= 0.3 is 6.18 Å². The molecule has 1 aromatic heterocycles. The summed E-state index contributed by atoms with van der Waals surface area (Å²) in [6, 6.07) is 14.8. The molecule has 2 aromatic carbocycles. The molecule has 0 saturated carbocycles. The van der Waals surface area contributed by atoms with Crippen molar-refractivity contribution in [2.24, 2.45) is 4.99 Å². The van der Waals surface area contributed by atoms with E-state index >= 15 is 0 Å². The van der Waals surface area contributed by atoms with Crippen LogP contribution >= 0.6 is 0 Å². The third-order valence-corrected chi connectivity index (χ3v) is 3.16. The standard InChI is InChI=1S/C16H11F3N2/c17-16(18,19)13-6-2-3-7-14(13)20-11-21-10-9-12-5-1-4-8-15(12)21/h1-11H. The Morgan fingerprint density at radius 3 is 2.43 bits per heavy atom. The van der Waals surface area contributed by atoms with Crippen LogP contribution < -0.4 is 0 Å². The number of para-hydroxylation sites is 2. The maximum Gasteiger partial charge on any atom is 0.418 e. The first-order valence-corrected chi connectivity index (χ1v) is 6.32. The molecule has 0 N–H and O–H groups in total. The van der Waals surface area contributed by atoms with E-state index in [9.17, 15) is 13.2 Å². The zero-order valence-corrected chi connectivity index (χ0v) is 10.9. The zero-order chi connectivity index (χ0) is 14.9. The maximum atomic E-state index is 12.9. The van der Waals surface area contributed by atoms with Gasteiger partial charge in [-0.25, -0.2) is 4.99 Å². The Labute approximate surface area is 119 Å². The molecule has 0 atom stereocenters. The van der Waals surface area contributed by atoms with Crippen molar-refractivity contribution in [3.8, 4) is 0 Å². The number of aromatic nitrogens is 1. The Balaban J connectivity index is 2.01. The van der Waals surface area contributed by atoms with Gasteiger partial charge in [0.05, 0.1) is 23.1 Å². The molecule has 0 aliphatic heterocycles. The highest BCUT2D eigenvalue weighted by Crippen LogP contribution is 2.35. The Bertz CT molecular complexity index is 800. The molecule has 0 aliphatic rings. The Morgan fingerprint density at radius 2 is 1.62 bits per heavy atom. The molecule has 0 spiro atoms. The molecule has 0 radical (unpaired) electrons. The fraction of sp³-hybridized carbons (Fsp3) is 0.0625. The maximum absolute atomic E-state index is 12.9. The van der Waals surface area contributed by atoms with Gasteiger partial charge in [0, 0.05) is 6.20 Å². The topological polar surface area (TPSA) is 17.3 Å². The lowest BCUT2D eigenvalue weighted by molar-refractivity contribution is -0.137. The summed E-state index contributed by atoms with van der Waals surface area (Å²) in [5.74, 6) is 0. The third-order valence-electron chi connectivity index (χ3n) is 3.16. The number of rotatable bonds is 2. The van der Waals surface area contributed by atoms with Crippen LogP contribution in [0, 0.1) is 0 Å². The van der Waals surface area contributed by atoms with Crippen molar-refractivity contribution in [1.29, 1.82) is 0 Å². The number of hydrogen-bond donors (Lipinski definition) is 0. The molecule has 3 aromatic rings. The van der Waals surface area contributed by atoms with E-state index in [0.717, 1.165) is 17.0 Å². The molecule has 2 nitrogen and oxygen atoms in total. The normalized spacial score (nSPS) is 12.3. The number of hydrogen-bond acceptors (Lipinski definition) is 1. The van der Waals surface area contributed by atoms with Crippen molar-refractivity contribution in [3.05, 3.63) is 66.4 Å². The Hall–Kier alpha value is -2.56. The van der Waals surface area contributed by atoms with Crippen LogP contribution in [-0.4, -0.2) is 10.9 Å². The number of nitrogens with zero attached hydrogens (tertiary/aromatic N) is 2. The van der Waals surface area contributed by atoms with E-state index in [1.807, 2.05) is 30.3 Å². The molecule has 1 heterocycles. The second-order valence-electron chi connectivity index (χ2n) is 4.54. The van der Waals surface area contributed by atoms with Crippen LogP contribution in [0.15, 0.2) is 65.8 Å². The van der Waals surface area contributed by atoms with Gasteiger partial charge in [-0.2, -0.15) is 13.2 Å². The number of benzene rings is 2. The fourth-order valence-electron chi connectivity index (χ4n) is 2.16. The summed E-state index contributed by atoms with van der Waals surface area (Å²) in [5, 5.41) is 1.01. The number of fused-ring (bicyclic) bond motifs is 1. The highest BCUT2D eigenvalue weighted by atomic mass is 19.4. The van der Waals surface area contributed by atoms with E-state index in [1.54, 1.807) is 10.8 Å². The minimum atomic E-state index is -4.41. The summed E-state index contributed by atoms with van der Waals surface area (Å²) in [4.78, 5) is 3.98. The number of aliphatic imine (C=N–C) groups is 1. The van der Waals surface area contributed by atoms with Gasteiger partial charge in [0.15, 0.2) is 0 Å². The highest BCUT2D eigenvalue weighted by molar-refractivity contribution is 5.86. The van der Waals surface area contributed by atoms with Crippen LogP contribution in [0.25, 0.3) is 10.9 Å². The molecule has 0 amide bonds. The lowest BCUT2D eigenvalue weighted by atomic mass is 10.2. The van der Waals surface area contributed by atoms with Crippen molar-refractivity contribution in [3.63, 3.8) is 0 Å². The second-order valence-corrected chi connectivity index (χ2v) is 4.54. The summed E-state index contributed by atoms with van der Waals surface area (Å²) in [6.07, 6.45) is -1.25. The van der Waals surface area contributed by atoms with Gasteiger partial charge in [-0.15, -0.1) is 0 Å². The van der Waals surface area contributed by atoms with E-state index in [4.69, 9.17) is 0 Å². The first-order chi connectivity index (χ1) is 10.1. The average Bonchev–Trinajstić information content (AvgIpc) is 2.88. The van der Waals surface area contributed by atoms with Crippen LogP contribution in [0.4, 0.5) is 18.9 Å². The SMILES string of the molecule is FC(F)(F)c1ccccc1N=Cn1ccc2ccccc21. The largest absolute Gasteiger partial charge is 0.418 e. The van der Waals surface area contributed by atoms with Crippen LogP contribution in [0.5, 0.6) is 0 Å². The summed E-state index contributed by atoms with van der Waals surface area (Å²) in [7, 11) is 0. The monoisotopic (exact) mass is 288 g/mol. The summed E-state index contributed by atoms with van der Waals surface area (Å²) >= 11 is 0. The van der Waals surface area contributed by atoms with Crippen molar-refractivity contribution in [1.82, 2.24) is 4.57 Å². The molecule has 0 saturated heterocycles. The van der Waals surface area contributed by atoms with Crippen LogP contribution in [0.1, 0.15) is 5.56 Å². The van der Waals surface area contributed by atoms with Crippen molar-refractivity contribution >= 4 is 22.9 Å². The average molecular weight is 288 g/mol. The summed E-state index contributed by atoms with van der Waals surface area (Å²) in [5.41, 5.74) is 0.0613. The van der Waals surface area contributed by atoms with E-state index < -0.39 is 11.7 Å². The van der Waals surface area contributed by atoms with Crippen LogP contribution in [-0.2, 0) is 6.18 Å². The minimum Gasteiger partial charge on any atom is -0.307 e. The predicted octanol–water partition coefficient (Wildman–Crippen LogP) is 4.87. The molecule has 106 valence electrons. The van der Waals surface area contributed by atoms with E-state index in [0.29, 0.717) is 0 Å². The van der Waals surface area contributed by atoms with Crippen molar-refractivity contribution in [2.45, 2.75) is 6.18 Å². The summed E-state index contributed by atoms with van der Waals surface area (Å²) < 4.78 is 40.4. The molecular weight excluding hydrogens is 277 g/mol. The minimum absolute atomic E-state index is 0.0946. The fourth-order valence-corrected chi connectivity index (χ4v) is 2.16. The molecule has 0 bridgehead atoms. The molecule has 5 heteroatoms. The van der Waals surface area contributed by atoms with Gasteiger partial charge in [0.1, 0.15) is 0 Å². The lowest BCUT2D eigenvalue weighted by Crippen LogP contribution is -2.05. The second kappa shape index (κ2) is 5.09. The van der Waals surface area contributed by atoms with Crippen molar-refractivity contribution < 1.29 is 13.2 Å². The lowest BCUT2D eigenvalue weighted by Gasteiger charge is -2.09. The number of halogens is 3. The molecular formula is C16H11F3N2. The Kier molecular flexibility index (Phi) is 3.25. The molecule has 0 unspecified atom stereocenters. The molecule has 0 fully saturated rings. The van der Waals surface area contributed by atoms with E-state index in [1.165, 1.54) is 24.5 Å².